The Hall–Kier alpha value is -3.84. The first-order valence-corrected chi connectivity index (χ1v) is 10.4. The molecule has 4 rings (SSSR count). The van der Waals surface area contributed by atoms with Crippen LogP contribution >= 0.6 is 0 Å². The van der Waals surface area contributed by atoms with Crippen LogP contribution in [0.5, 0.6) is 5.75 Å². The molecule has 1 aliphatic rings. The van der Waals surface area contributed by atoms with Crippen molar-refractivity contribution in [3.8, 4) is 5.75 Å². The minimum atomic E-state index is -1.34. The van der Waals surface area contributed by atoms with Crippen molar-refractivity contribution < 1.29 is 24.3 Å². The molecule has 0 spiro atoms. The van der Waals surface area contributed by atoms with Gasteiger partial charge in [0.05, 0.1) is 18.3 Å². The first kappa shape index (κ1) is 21.4. The fourth-order valence-corrected chi connectivity index (χ4v) is 3.86. The number of nitrogens with zero attached hydrogens (tertiary/aromatic N) is 1. The third kappa shape index (κ3) is 4.43. The van der Waals surface area contributed by atoms with Gasteiger partial charge in [0.1, 0.15) is 11.7 Å². The van der Waals surface area contributed by atoms with Crippen molar-refractivity contribution in [3.05, 3.63) is 90.5 Å². The van der Waals surface area contributed by atoms with Crippen molar-refractivity contribution in [2.24, 2.45) is 5.92 Å². The molecule has 0 aliphatic carbocycles. The Labute approximate surface area is 186 Å². The number of hydrogen-bond acceptors (Lipinski definition) is 5. The maximum Gasteiger partial charge on any atom is 0.336 e. The van der Waals surface area contributed by atoms with Gasteiger partial charge >= 0.3 is 5.97 Å². The van der Waals surface area contributed by atoms with E-state index in [-0.39, 0.29) is 0 Å². The average molecular weight is 432 g/mol. The lowest BCUT2D eigenvalue weighted by molar-refractivity contribution is -0.151. The van der Waals surface area contributed by atoms with Gasteiger partial charge in [-0.25, -0.2) is 9.86 Å². The van der Waals surface area contributed by atoms with Gasteiger partial charge in [0, 0.05) is 5.69 Å². The van der Waals surface area contributed by atoms with E-state index in [0.717, 1.165) is 5.56 Å². The third-order valence-corrected chi connectivity index (χ3v) is 5.28. The molecule has 1 heterocycles. The summed E-state index contributed by atoms with van der Waals surface area (Å²) in [4.78, 5) is 31.3. The van der Waals surface area contributed by atoms with Crippen molar-refractivity contribution in [1.82, 2.24) is 0 Å². The summed E-state index contributed by atoms with van der Waals surface area (Å²) in [5.74, 6) is -1.93. The van der Waals surface area contributed by atoms with Crippen LogP contribution in [-0.4, -0.2) is 29.7 Å². The molecule has 1 saturated heterocycles. The third-order valence-electron chi connectivity index (χ3n) is 5.28. The molecule has 1 aliphatic heterocycles. The topological polar surface area (TPSA) is 88.1 Å². The summed E-state index contributed by atoms with van der Waals surface area (Å²) in [5, 5.41) is 14.2. The monoisotopic (exact) mass is 432 g/mol. The Morgan fingerprint density at radius 3 is 2.19 bits per heavy atom. The van der Waals surface area contributed by atoms with Crippen molar-refractivity contribution in [3.63, 3.8) is 0 Å². The summed E-state index contributed by atoms with van der Waals surface area (Å²) in [5.41, 5.74) is 2.00. The molecule has 3 aromatic rings. The molecule has 0 saturated carbocycles. The SMILES string of the molecule is CCOc1ccc(NC(=O)[C@H]2[C@@H](c3ccccc3)N(c3ccccc3)O[C@H]2C(=O)O)cc1. The first-order chi connectivity index (χ1) is 15.6. The smallest absolute Gasteiger partial charge is 0.336 e. The molecule has 32 heavy (non-hydrogen) atoms. The summed E-state index contributed by atoms with van der Waals surface area (Å²) in [6.45, 7) is 2.43. The number of aliphatic carboxylic acids is 1. The van der Waals surface area contributed by atoms with E-state index in [1.807, 2.05) is 67.6 Å². The predicted molar refractivity (Wildman–Crippen MR) is 120 cm³/mol. The van der Waals surface area contributed by atoms with Crippen LogP contribution in [0.15, 0.2) is 84.9 Å². The summed E-state index contributed by atoms with van der Waals surface area (Å²) < 4.78 is 5.43. The van der Waals surface area contributed by atoms with E-state index in [1.54, 1.807) is 24.3 Å². The number of carbonyl (C=O) groups excluding carboxylic acids is 1. The molecule has 0 bridgehead atoms. The number of carboxylic acids is 1. The van der Waals surface area contributed by atoms with Crippen LogP contribution in [0.1, 0.15) is 18.5 Å². The fourth-order valence-electron chi connectivity index (χ4n) is 3.86. The Bertz CT molecular complexity index is 1060. The fraction of sp³-hybridized carbons (Fsp3) is 0.200. The number of ether oxygens (including phenoxy) is 1. The van der Waals surface area contributed by atoms with Gasteiger partial charge in [0.2, 0.25) is 5.91 Å². The highest BCUT2D eigenvalue weighted by Gasteiger charge is 2.52. The van der Waals surface area contributed by atoms with Gasteiger partial charge in [-0.2, -0.15) is 0 Å². The average Bonchev–Trinajstić information content (AvgIpc) is 3.23. The molecule has 7 nitrogen and oxygen atoms in total. The standard InChI is InChI=1S/C25H24N2O5/c1-2-31-20-15-13-18(14-16-20)26-24(28)21-22(17-9-5-3-6-10-17)27(32-23(21)25(29)30)19-11-7-4-8-12-19/h3-16,21-23H,2H2,1H3,(H,26,28)(H,29,30)/t21-,22+,23+/m0/s1. The Morgan fingerprint density at radius 1 is 0.969 bits per heavy atom. The summed E-state index contributed by atoms with van der Waals surface area (Å²) in [6, 6.07) is 24.8. The number of hydroxylamine groups is 1. The number of anilines is 2. The molecule has 3 aromatic carbocycles. The highest BCUT2D eigenvalue weighted by atomic mass is 16.7. The lowest BCUT2D eigenvalue weighted by Crippen LogP contribution is -2.37. The number of carboxylic acid groups (broad SMARTS) is 1. The molecule has 0 unspecified atom stereocenters. The van der Waals surface area contributed by atoms with E-state index in [1.165, 1.54) is 5.06 Å². The highest BCUT2D eigenvalue weighted by Crippen LogP contribution is 2.43. The number of amides is 1. The van der Waals surface area contributed by atoms with Crippen LogP contribution in [0.25, 0.3) is 0 Å². The highest BCUT2D eigenvalue weighted by molar-refractivity contribution is 5.97. The second-order valence-electron chi connectivity index (χ2n) is 7.35. The van der Waals surface area contributed by atoms with Crippen molar-refractivity contribution >= 4 is 23.3 Å². The van der Waals surface area contributed by atoms with Gasteiger partial charge in [0.25, 0.3) is 0 Å². The number of benzene rings is 3. The summed E-state index contributed by atoms with van der Waals surface area (Å²) in [7, 11) is 0. The van der Waals surface area contributed by atoms with Crippen LogP contribution in [0.2, 0.25) is 0 Å². The van der Waals surface area contributed by atoms with E-state index in [2.05, 4.69) is 5.32 Å². The predicted octanol–water partition coefficient (Wildman–Crippen LogP) is 4.29. The number of rotatable bonds is 7. The molecule has 7 heteroatoms. The molecule has 2 N–H and O–H groups in total. The minimum Gasteiger partial charge on any atom is -0.494 e. The minimum absolute atomic E-state index is 0.436. The number of nitrogens with one attached hydrogen (secondary N) is 1. The second-order valence-corrected chi connectivity index (χ2v) is 7.35. The lowest BCUT2D eigenvalue weighted by Gasteiger charge is -2.27. The summed E-state index contributed by atoms with van der Waals surface area (Å²) >= 11 is 0. The Kier molecular flexibility index (Phi) is 6.37. The van der Waals surface area contributed by atoms with E-state index in [0.29, 0.717) is 23.7 Å². The van der Waals surface area contributed by atoms with Gasteiger partial charge in [-0.15, -0.1) is 0 Å². The molecule has 0 aromatic heterocycles. The number of carbonyl (C=O) groups is 2. The van der Waals surface area contributed by atoms with E-state index in [9.17, 15) is 14.7 Å². The van der Waals surface area contributed by atoms with Crippen molar-refractivity contribution in [2.75, 3.05) is 17.0 Å². The van der Waals surface area contributed by atoms with Crippen LogP contribution < -0.4 is 15.1 Å². The van der Waals surface area contributed by atoms with Crippen molar-refractivity contribution in [1.29, 1.82) is 0 Å². The molecular weight excluding hydrogens is 408 g/mol. The zero-order chi connectivity index (χ0) is 22.5. The van der Waals surface area contributed by atoms with Gasteiger partial charge in [0.15, 0.2) is 6.10 Å². The number of para-hydroxylation sites is 1. The number of hydrogen-bond donors (Lipinski definition) is 2. The van der Waals surface area contributed by atoms with E-state index in [4.69, 9.17) is 9.57 Å². The van der Waals surface area contributed by atoms with Crippen LogP contribution in [0.4, 0.5) is 11.4 Å². The molecule has 3 atom stereocenters. The first-order valence-electron chi connectivity index (χ1n) is 10.4. The Balaban J connectivity index is 1.69. The van der Waals surface area contributed by atoms with E-state index < -0.39 is 29.9 Å². The van der Waals surface area contributed by atoms with Gasteiger partial charge in [-0.1, -0.05) is 48.5 Å². The summed E-state index contributed by atoms with van der Waals surface area (Å²) in [6.07, 6.45) is -1.34. The lowest BCUT2D eigenvalue weighted by atomic mass is 9.88. The van der Waals surface area contributed by atoms with Crippen LogP contribution in [0.3, 0.4) is 0 Å². The maximum atomic E-state index is 13.4. The quantitative estimate of drug-likeness (QED) is 0.579. The zero-order valence-electron chi connectivity index (χ0n) is 17.5. The zero-order valence-corrected chi connectivity index (χ0v) is 17.5. The van der Waals surface area contributed by atoms with Crippen molar-refractivity contribution in [2.45, 2.75) is 19.1 Å². The molecule has 1 amide bonds. The van der Waals surface area contributed by atoms with Gasteiger partial charge in [-0.05, 0) is 48.9 Å². The van der Waals surface area contributed by atoms with Gasteiger partial charge < -0.3 is 15.2 Å². The second kappa shape index (κ2) is 9.53. The molecule has 1 fully saturated rings. The Morgan fingerprint density at radius 2 is 1.59 bits per heavy atom. The molecular formula is C25H24N2O5. The normalized spacial score (nSPS) is 20.0. The molecule has 0 radical (unpaired) electrons. The van der Waals surface area contributed by atoms with Gasteiger partial charge in [-0.3, -0.25) is 9.63 Å². The van der Waals surface area contributed by atoms with Crippen LogP contribution in [-0.2, 0) is 14.4 Å². The molecule has 164 valence electrons. The maximum absolute atomic E-state index is 13.4. The van der Waals surface area contributed by atoms with E-state index >= 15 is 0 Å². The van der Waals surface area contributed by atoms with Crippen LogP contribution in [0, 0.1) is 5.92 Å². The largest absolute Gasteiger partial charge is 0.494 e.